The Kier molecular flexibility index (Phi) is 7.06. The molecule has 33 heavy (non-hydrogen) atoms. The van der Waals surface area contributed by atoms with E-state index in [9.17, 15) is 14.9 Å². The van der Waals surface area contributed by atoms with Gasteiger partial charge in [-0.1, -0.05) is 25.1 Å². The van der Waals surface area contributed by atoms with Crippen molar-refractivity contribution in [2.45, 2.75) is 20.0 Å². The SMILES string of the molecule is CCc1ccccc1NC(=O)CN1CCN(Cn2cnc(-c3ccc([N+](=O)[O-])cc3)n2)CC1. The van der Waals surface area contributed by atoms with Crippen LogP contribution in [0.25, 0.3) is 11.4 Å². The molecule has 0 unspecified atom stereocenters. The average Bonchev–Trinajstić information content (AvgIpc) is 3.29. The number of piperazine rings is 1. The molecule has 1 fully saturated rings. The van der Waals surface area contributed by atoms with Crippen molar-refractivity contribution in [3.05, 3.63) is 70.5 Å². The van der Waals surface area contributed by atoms with Gasteiger partial charge < -0.3 is 5.32 Å². The molecule has 0 aliphatic carbocycles. The van der Waals surface area contributed by atoms with E-state index in [1.54, 1.807) is 23.1 Å². The van der Waals surface area contributed by atoms with E-state index >= 15 is 0 Å². The van der Waals surface area contributed by atoms with Crippen molar-refractivity contribution in [1.29, 1.82) is 0 Å². The maximum atomic E-state index is 12.5. The first-order valence-electron chi connectivity index (χ1n) is 11.0. The first-order chi connectivity index (χ1) is 16.0. The number of nitrogens with one attached hydrogen (secondary N) is 1. The second-order valence-electron chi connectivity index (χ2n) is 8.01. The molecule has 2 aromatic carbocycles. The van der Waals surface area contributed by atoms with Crippen LogP contribution in [0.2, 0.25) is 0 Å². The summed E-state index contributed by atoms with van der Waals surface area (Å²) >= 11 is 0. The number of rotatable bonds is 8. The Morgan fingerprint density at radius 3 is 2.45 bits per heavy atom. The smallest absolute Gasteiger partial charge is 0.269 e. The van der Waals surface area contributed by atoms with Gasteiger partial charge in [0.05, 0.1) is 18.1 Å². The number of non-ortho nitro benzene ring substituents is 1. The van der Waals surface area contributed by atoms with Gasteiger partial charge >= 0.3 is 0 Å². The standard InChI is InChI=1S/C23H27N7O3/c1-2-18-5-3-4-6-21(18)25-22(31)15-27-11-13-28(14-12-27)17-29-16-24-23(26-29)19-7-9-20(10-8-19)30(32)33/h3-10,16H,2,11-15,17H2,1H3,(H,25,31). The van der Waals surface area contributed by atoms with Crippen molar-refractivity contribution in [1.82, 2.24) is 24.6 Å². The van der Waals surface area contributed by atoms with Crippen LogP contribution in [-0.2, 0) is 17.9 Å². The molecule has 10 heteroatoms. The summed E-state index contributed by atoms with van der Waals surface area (Å²) in [5, 5.41) is 18.3. The van der Waals surface area contributed by atoms with Crippen LogP contribution in [0.15, 0.2) is 54.9 Å². The van der Waals surface area contributed by atoms with E-state index < -0.39 is 4.92 Å². The lowest BCUT2D eigenvalue weighted by atomic mass is 10.1. The van der Waals surface area contributed by atoms with Gasteiger partial charge in [0.2, 0.25) is 5.91 Å². The third kappa shape index (κ3) is 5.79. The number of aromatic nitrogens is 3. The first kappa shape index (κ1) is 22.6. The number of hydrogen-bond acceptors (Lipinski definition) is 7. The normalized spacial score (nSPS) is 14.8. The molecule has 1 saturated heterocycles. The Morgan fingerprint density at radius 1 is 1.06 bits per heavy atom. The molecule has 10 nitrogen and oxygen atoms in total. The number of nitro benzene ring substituents is 1. The largest absolute Gasteiger partial charge is 0.325 e. The Bertz CT molecular complexity index is 1110. The summed E-state index contributed by atoms with van der Waals surface area (Å²) in [6.07, 6.45) is 2.55. The molecule has 0 bridgehead atoms. The molecule has 0 spiro atoms. The number of amides is 1. The molecular weight excluding hydrogens is 422 g/mol. The Labute approximate surface area is 192 Å². The van der Waals surface area contributed by atoms with Crippen LogP contribution in [0.3, 0.4) is 0 Å². The number of nitrogens with zero attached hydrogens (tertiary/aromatic N) is 6. The van der Waals surface area contributed by atoms with Crippen molar-refractivity contribution in [3.8, 4) is 11.4 Å². The molecule has 0 atom stereocenters. The fraction of sp³-hybridized carbons (Fsp3) is 0.348. The average molecular weight is 450 g/mol. The summed E-state index contributed by atoms with van der Waals surface area (Å²) < 4.78 is 1.76. The summed E-state index contributed by atoms with van der Waals surface area (Å²) in [7, 11) is 0. The minimum Gasteiger partial charge on any atom is -0.325 e. The predicted octanol–water partition coefficient (Wildman–Crippen LogP) is 2.63. The van der Waals surface area contributed by atoms with Crippen LogP contribution in [0, 0.1) is 10.1 Å². The molecule has 1 aromatic heterocycles. The maximum Gasteiger partial charge on any atom is 0.269 e. The first-order valence-corrected chi connectivity index (χ1v) is 11.0. The van der Waals surface area contributed by atoms with Gasteiger partial charge in [0.15, 0.2) is 5.82 Å². The molecule has 1 aliphatic rings. The van der Waals surface area contributed by atoms with E-state index in [-0.39, 0.29) is 11.6 Å². The minimum atomic E-state index is -0.427. The third-order valence-corrected chi connectivity index (χ3v) is 5.72. The molecule has 4 rings (SSSR count). The van der Waals surface area contributed by atoms with Crippen molar-refractivity contribution < 1.29 is 9.72 Å². The van der Waals surface area contributed by atoms with Gasteiger partial charge in [-0.25, -0.2) is 9.67 Å². The highest BCUT2D eigenvalue weighted by Gasteiger charge is 2.20. The van der Waals surface area contributed by atoms with Crippen LogP contribution in [0.4, 0.5) is 11.4 Å². The van der Waals surface area contributed by atoms with Crippen molar-refractivity contribution in [3.63, 3.8) is 0 Å². The Balaban J connectivity index is 1.25. The van der Waals surface area contributed by atoms with Crippen LogP contribution in [0.1, 0.15) is 12.5 Å². The minimum absolute atomic E-state index is 0.00775. The summed E-state index contributed by atoms with van der Waals surface area (Å²) in [5.41, 5.74) is 2.80. The second kappa shape index (κ2) is 10.3. The monoisotopic (exact) mass is 449 g/mol. The van der Waals surface area contributed by atoms with E-state index in [1.807, 2.05) is 24.3 Å². The zero-order chi connectivity index (χ0) is 23.2. The van der Waals surface area contributed by atoms with Gasteiger partial charge in [0, 0.05) is 49.6 Å². The molecule has 3 aromatic rings. The van der Waals surface area contributed by atoms with Gasteiger partial charge in [-0.05, 0) is 30.2 Å². The lowest BCUT2D eigenvalue weighted by Crippen LogP contribution is -2.48. The van der Waals surface area contributed by atoms with Crippen LogP contribution < -0.4 is 5.32 Å². The van der Waals surface area contributed by atoms with Crippen LogP contribution >= 0.6 is 0 Å². The van der Waals surface area contributed by atoms with E-state index in [0.29, 0.717) is 19.0 Å². The molecular formula is C23H27N7O3. The molecule has 1 amide bonds. The second-order valence-corrected chi connectivity index (χ2v) is 8.01. The van der Waals surface area contributed by atoms with Gasteiger partial charge in [0.25, 0.3) is 5.69 Å². The van der Waals surface area contributed by atoms with Gasteiger partial charge in [-0.15, -0.1) is 5.10 Å². The van der Waals surface area contributed by atoms with Crippen LogP contribution in [0.5, 0.6) is 0 Å². The fourth-order valence-corrected chi connectivity index (χ4v) is 3.86. The topological polar surface area (TPSA) is 109 Å². The highest BCUT2D eigenvalue weighted by atomic mass is 16.6. The quantitative estimate of drug-likeness (QED) is 0.416. The third-order valence-electron chi connectivity index (χ3n) is 5.72. The van der Waals surface area contributed by atoms with Gasteiger partial charge in [0.1, 0.15) is 6.33 Å². The number of carbonyl (C=O) groups excluding carboxylic acids is 1. The van der Waals surface area contributed by atoms with Gasteiger partial charge in [-0.3, -0.25) is 24.7 Å². The Morgan fingerprint density at radius 2 is 1.76 bits per heavy atom. The summed E-state index contributed by atoms with van der Waals surface area (Å²) in [5.74, 6) is 0.543. The zero-order valence-electron chi connectivity index (χ0n) is 18.6. The number of para-hydroxylation sites is 1. The number of benzene rings is 2. The lowest BCUT2D eigenvalue weighted by molar-refractivity contribution is -0.384. The number of anilines is 1. The molecule has 1 N–H and O–H groups in total. The number of nitro groups is 1. The molecule has 0 saturated carbocycles. The maximum absolute atomic E-state index is 12.5. The molecule has 1 aliphatic heterocycles. The van der Waals surface area contributed by atoms with E-state index in [2.05, 4.69) is 32.1 Å². The van der Waals surface area contributed by atoms with Crippen LogP contribution in [-0.4, -0.2) is 68.1 Å². The fourth-order valence-electron chi connectivity index (χ4n) is 3.86. The summed E-state index contributed by atoms with van der Waals surface area (Å²) in [6.45, 7) is 6.30. The van der Waals surface area contributed by atoms with E-state index in [1.165, 1.54) is 12.1 Å². The number of carbonyl (C=O) groups is 1. The Hall–Kier alpha value is -3.63. The zero-order valence-corrected chi connectivity index (χ0v) is 18.6. The number of aryl methyl sites for hydroxylation is 1. The number of hydrogen-bond donors (Lipinski definition) is 1. The highest BCUT2D eigenvalue weighted by Crippen LogP contribution is 2.19. The molecule has 0 radical (unpaired) electrons. The van der Waals surface area contributed by atoms with Crippen molar-refractivity contribution >= 4 is 17.3 Å². The van der Waals surface area contributed by atoms with Crippen molar-refractivity contribution in [2.75, 3.05) is 38.0 Å². The van der Waals surface area contributed by atoms with E-state index in [4.69, 9.17) is 0 Å². The van der Waals surface area contributed by atoms with Gasteiger partial charge in [-0.2, -0.15) is 0 Å². The lowest BCUT2D eigenvalue weighted by Gasteiger charge is -2.34. The predicted molar refractivity (Wildman–Crippen MR) is 125 cm³/mol. The van der Waals surface area contributed by atoms with Crippen molar-refractivity contribution in [2.24, 2.45) is 0 Å². The van der Waals surface area contributed by atoms with E-state index in [0.717, 1.165) is 49.4 Å². The highest BCUT2D eigenvalue weighted by molar-refractivity contribution is 5.93. The molecule has 2 heterocycles. The summed E-state index contributed by atoms with van der Waals surface area (Å²) in [6, 6.07) is 14.1. The molecule has 172 valence electrons. The summed E-state index contributed by atoms with van der Waals surface area (Å²) in [4.78, 5) is 31.6.